The van der Waals surface area contributed by atoms with Gasteiger partial charge in [-0.25, -0.2) is 14.6 Å². The number of imide groups is 1. The van der Waals surface area contributed by atoms with Gasteiger partial charge in [0.25, 0.3) is 23.6 Å². The first-order chi connectivity index (χ1) is 46.2. The number of aliphatic hydroxyl groups excluding tert-OH is 1. The number of halogens is 1. The summed E-state index contributed by atoms with van der Waals surface area (Å²) in [4.78, 5) is 116. The maximum atomic E-state index is 14.7. The zero-order chi connectivity index (χ0) is 68.8. The first-order valence-electron chi connectivity index (χ1n) is 31.2. The van der Waals surface area contributed by atoms with Gasteiger partial charge in [0.15, 0.2) is 0 Å². The second-order valence-electron chi connectivity index (χ2n) is 22.9. The van der Waals surface area contributed by atoms with E-state index in [0.717, 1.165) is 21.4 Å². The number of aromatic nitrogens is 2. The van der Waals surface area contributed by atoms with Crippen molar-refractivity contribution in [3.8, 4) is 11.5 Å². The maximum absolute atomic E-state index is 14.7. The topological polar surface area (TPSA) is 329 Å². The average Bonchev–Trinajstić information content (AvgIpc) is 1.53. The van der Waals surface area contributed by atoms with E-state index in [2.05, 4.69) is 26.3 Å². The maximum Gasteiger partial charge on any atom is 0.415 e. The number of pyridine rings is 1. The van der Waals surface area contributed by atoms with E-state index < -0.39 is 66.1 Å². The number of amides is 8. The molecule has 29 heteroatoms. The molecule has 0 saturated carbocycles. The number of fused-ring (bicyclic) bond motifs is 4. The van der Waals surface area contributed by atoms with E-state index in [9.17, 15) is 48.6 Å². The van der Waals surface area contributed by atoms with Gasteiger partial charge < -0.3 is 83.6 Å². The van der Waals surface area contributed by atoms with E-state index in [1.807, 2.05) is 25.1 Å². The lowest BCUT2D eigenvalue weighted by molar-refractivity contribution is -0.192. The first-order valence-corrected chi connectivity index (χ1v) is 31.7. The monoisotopic (exact) mass is 1350 g/mol. The Morgan fingerprint density at radius 2 is 1.42 bits per heavy atom. The van der Waals surface area contributed by atoms with Crippen LogP contribution in [-0.2, 0) is 58.9 Å². The van der Waals surface area contributed by atoms with Crippen LogP contribution >= 0.6 is 11.6 Å². The molecule has 0 bridgehead atoms. The summed E-state index contributed by atoms with van der Waals surface area (Å²) >= 11 is 6.67. The molecule has 4 heterocycles. The minimum Gasteiger partial charge on any atom is -0.508 e. The normalized spacial score (nSPS) is 14.5. The number of carbonyl (C=O) groups is 8. The van der Waals surface area contributed by atoms with Crippen LogP contribution in [0.2, 0.25) is 0 Å². The highest BCUT2D eigenvalue weighted by Crippen LogP contribution is 2.47. The first kappa shape index (κ1) is 72.7. The lowest BCUT2D eigenvalue weighted by Gasteiger charge is -2.28. The Hall–Kier alpha value is -9.10. The van der Waals surface area contributed by atoms with Crippen LogP contribution in [0.25, 0.3) is 16.4 Å². The molecule has 0 spiro atoms. The Balaban J connectivity index is 0.859. The Morgan fingerprint density at radius 1 is 0.750 bits per heavy atom. The highest BCUT2D eigenvalue weighted by Gasteiger charge is 2.37. The Morgan fingerprint density at radius 3 is 2.09 bits per heavy atom. The van der Waals surface area contributed by atoms with Crippen molar-refractivity contribution in [2.24, 2.45) is 5.92 Å². The standard InChI is InChI=1S/C67H81ClN10O18/c1-42(2)60(73-65(86)94-35-34-93-33-32-92-31-30-91-29-28-89-6)63(84)69-44(4)61(82)70-48-14-10-45(11-15-48)41-95-66(87)74(5)22-23-75(24-26-90-27-25-77-56(80)20-21-57(77)81)67(88)96-54-36-53-59(58-43(3)8-7-9-51(54)58)47(37-68)38-78(53)64(85)52-40-76-39-49(16-19-55(76)72-52)71-62(83)46-12-17-50(79)18-13-46/h7-21,36,39-40,42,44,47,60,66,79,87H,22-35,37-38,41H2,1-6H3,(H,69,84)(H,70,82)(H,71,83)(H,73,86)/t44-,47+,60-,66?/m0/s1. The van der Waals surface area contributed by atoms with Gasteiger partial charge in [-0.3, -0.25) is 38.6 Å². The number of hydrogen-bond donors (Lipinski definition) is 6. The van der Waals surface area contributed by atoms with Crippen LogP contribution < -0.4 is 30.9 Å². The van der Waals surface area contributed by atoms with Crippen LogP contribution in [0.15, 0.2) is 109 Å². The molecular formula is C67H81ClN10O18. The van der Waals surface area contributed by atoms with E-state index in [1.165, 1.54) is 53.1 Å². The molecule has 0 radical (unpaired) electrons. The molecule has 0 saturated heterocycles. The third-order valence-electron chi connectivity index (χ3n) is 15.6. The number of methoxy groups -OCH3 is 1. The van der Waals surface area contributed by atoms with Crippen LogP contribution in [0.4, 0.5) is 26.7 Å². The van der Waals surface area contributed by atoms with Gasteiger partial charge in [0.05, 0.1) is 84.0 Å². The zero-order valence-corrected chi connectivity index (χ0v) is 55.0. The molecule has 2 aliphatic rings. The molecule has 2 aromatic heterocycles. The molecule has 0 aliphatic carbocycles. The van der Waals surface area contributed by atoms with E-state index in [4.69, 9.17) is 49.5 Å². The fraction of sp³-hybridized carbons (Fsp3) is 0.418. The van der Waals surface area contributed by atoms with Gasteiger partial charge in [0.1, 0.15) is 41.5 Å². The van der Waals surface area contributed by atoms with Gasteiger partial charge in [-0.2, -0.15) is 0 Å². The SMILES string of the molecule is COCCOCCOCCOCCOC(=O)N[C@H](C(=O)N[C@@H](C)C(=O)Nc1ccc(COC(O)N(C)CCN(CCOCCN2C(=O)C=CC2=O)C(=O)Oc2cc3c(c4c(C)cccc24)[C@H](CCl)CN3C(=O)c2cn3cc(NC(=O)c4ccc(O)cc4)ccc3n2)cc1)C(C)C. The molecule has 6 aromatic rings. The number of alkyl carbamates (subject to hydrolysis) is 1. The number of hydrogen-bond acceptors (Lipinski definition) is 20. The fourth-order valence-electron chi connectivity index (χ4n) is 10.3. The van der Waals surface area contributed by atoms with Gasteiger partial charge in [-0.15, -0.1) is 11.6 Å². The zero-order valence-electron chi connectivity index (χ0n) is 54.3. The highest BCUT2D eigenvalue weighted by molar-refractivity contribution is 6.19. The van der Waals surface area contributed by atoms with E-state index in [0.29, 0.717) is 72.3 Å². The molecular weight excluding hydrogens is 1270 g/mol. The number of likely N-dealkylation sites (N-methyl/N-ethyl adjacent to an activating group) is 1. The minimum atomic E-state index is -1.47. The van der Waals surface area contributed by atoms with Crippen molar-refractivity contribution in [1.29, 1.82) is 0 Å². The molecule has 96 heavy (non-hydrogen) atoms. The van der Waals surface area contributed by atoms with Crippen molar-refractivity contribution in [2.75, 3.05) is 134 Å². The summed E-state index contributed by atoms with van der Waals surface area (Å²) in [5, 5.41) is 33.0. The van der Waals surface area contributed by atoms with E-state index >= 15 is 0 Å². The van der Waals surface area contributed by atoms with Gasteiger partial charge in [0, 0.05) is 92.3 Å². The number of imidazole rings is 1. The average molecular weight is 1350 g/mol. The molecule has 1 unspecified atom stereocenters. The molecule has 514 valence electrons. The third kappa shape index (κ3) is 20.0. The molecule has 4 atom stereocenters. The molecule has 8 rings (SSSR count). The number of benzene rings is 4. The predicted molar refractivity (Wildman–Crippen MR) is 353 cm³/mol. The Kier molecular flexibility index (Phi) is 27.0. The summed E-state index contributed by atoms with van der Waals surface area (Å²) in [6.45, 7) is 9.37. The van der Waals surface area contributed by atoms with Crippen molar-refractivity contribution in [2.45, 2.75) is 58.7 Å². The second kappa shape index (κ2) is 35.6. The number of anilines is 3. The molecule has 4 aromatic carbocycles. The summed E-state index contributed by atoms with van der Waals surface area (Å²) in [5.74, 6) is -3.28. The molecule has 8 amide bonds. The van der Waals surface area contributed by atoms with Crippen LogP contribution in [-0.4, -0.2) is 219 Å². The largest absolute Gasteiger partial charge is 0.508 e. The van der Waals surface area contributed by atoms with Gasteiger partial charge in [-0.05, 0) is 97.4 Å². The molecule has 0 fully saturated rings. The number of phenolic OH excluding ortho intramolecular Hbond substituents is 1. The summed E-state index contributed by atoms with van der Waals surface area (Å²) in [6.07, 6.45) is 2.43. The quantitative estimate of drug-likeness (QED) is 0.0117. The number of phenols is 1. The summed E-state index contributed by atoms with van der Waals surface area (Å²) in [7, 11) is 3.18. The van der Waals surface area contributed by atoms with Crippen molar-refractivity contribution in [3.63, 3.8) is 0 Å². The van der Waals surface area contributed by atoms with Crippen LogP contribution in [0.3, 0.4) is 0 Å². The third-order valence-corrected chi connectivity index (χ3v) is 16.0. The number of aryl methyl sites for hydroxylation is 1. The summed E-state index contributed by atoms with van der Waals surface area (Å²) in [6, 6.07) is 20.9. The number of alkyl halides is 1. The number of carbonyl (C=O) groups excluding carboxylic acids is 8. The van der Waals surface area contributed by atoms with Crippen molar-refractivity contribution in [3.05, 3.63) is 137 Å². The number of nitrogens with one attached hydrogen (secondary N) is 4. The van der Waals surface area contributed by atoms with Gasteiger partial charge in [0.2, 0.25) is 18.2 Å². The number of ether oxygens (including phenoxy) is 8. The highest BCUT2D eigenvalue weighted by atomic mass is 35.5. The lowest BCUT2D eigenvalue weighted by Crippen LogP contribution is -2.53. The number of rotatable bonds is 36. The Labute approximate surface area is 559 Å². The van der Waals surface area contributed by atoms with Crippen molar-refractivity contribution < 1.29 is 86.5 Å². The smallest absolute Gasteiger partial charge is 0.415 e. The second-order valence-corrected chi connectivity index (χ2v) is 23.2. The minimum absolute atomic E-state index is 0.0166. The summed E-state index contributed by atoms with van der Waals surface area (Å²) in [5.41, 5.74) is 4.40. The number of aliphatic hydroxyl groups is 1. The van der Waals surface area contributed by atoms with Gasteiger partial charge >= 0.3 is 12.2 Å². The number of aromatic hydroxyl groups is 1. The van der Waals surface area contributed by atoms with Crippen molar-refractivity contribution in [1.82, 2.24) is 34.7 Å². The molecule has 6 N–H and O–H groups in total. The predicted octanol–water partition coefficient (Wildman–Crippen LogP) is 5.79. The van der Waals surface area contributed by atoms with E-state index in [1.54, 1.807) is 92.2 Å². The molecule has 28 nitrogen and oxygen atoms in total. The summed E-state index contributed by atoms with van der Waals surface area (Å²) < 4.78 is 45.8. The lowest BCUT2D eigenvalue weighted by atomic mass is 9.92. The fourth-order valence-corrected chi connectivity index (χ4v) is 10.6. The van der Waals surface area contributed by atoms with Crippen molar-refractivity contribution >= 4 is 92.7 Å². The van der Waals surface area contributed by atoms with Crippen LogP contribution in [0, 0.1) is 12.8 Å². The van der Waals surface area contributed by atoms with Gasteiger partial charge in [-0.1, -0.05) is 44.2 Å². The number of nitrogens with zero attached hydrogens (tertiary/aromatic N) is 6. The van der Waals surface area contributed by atoms with Crippen LogP contribution in [0.1, 0.15) is 64.2 Å². The van der Waals surface area contributed by atoms with E-state index in [-0.39, 0.29) is 107 Å². The van der Waals surface area contributed by atoms with Crippen LogP contribution in [0.5, 0.6) is 11.5 Å². The molecule has 2 aliphatic heterocycles. The Bertz CT molecular complexity index is 3700.